The summed E-state index contributed by atoms with van der Waals surface area (Å²) >= 11 is 0. The van der Waals surface area contributed by atoms with Crippen LogP contribution < -0.4 is 0 Å². The molecule has 0 aromatic heterocycles. The predicted octanol–water partition coefficient (Wildman–Crippen LogP) is 1.73. The van der Waals surface area contributed by atoms with Gasteiger partial charge >= 0.3 is 0 Å². The molecular weight excluding hydrogens is 180 g/mol. The first kappa shape index (κ1) is 12.0. The molecule has 1 aliphatic rings. The largest absolute Gasteiger partial charge is 0.387 e. The van der Waals surface area contributed by atoms with Crippen LogP contribution in [0.15, 0.2) is 0 Å². The Morgan fingerprint density at radius 1 is 1.64 bits per heavy atom. The van der Waals surface area contributed by atoms with E-state index in [1.165, 1.54) is 0 Å². The van der Waals surface area contributed by atoms with Gasteiger partial charge in [0.2, 0.25) is 0 Å². The summed E-state index contributed by atoms with van der Waals surface area (Å²) in [4.78, 5) is 0. The second-order valence-corrected chi connectivity index (χ2v) is 4.41. The molecule has 0 aromatic rings. The van der Waals surface area contributed by atoms with E-state index in [1.54, 1.807) is 7.11 Å². The maximum atomic E-state index is 10.1. The molecule has 1 rings (SSSR count). The molecule has 3 heteroatoms. The van der Waals surface area contributed by atoms with Crippen molar-refractivity contribution >= 4 is 0 Å². The van der Waals surface area contributed by atoms with E-state index in [9.17, 15) is 5.11 Å². The molecule has 1 saturated heterocycles. The zero-order chi connectivity index (χ0) is 10.6. The molecule has 0 amide bonds. The Balaban J connectivity index is 2.27. The van der Waals surface area contributed by atoms with Gasteiger partial charge in [-0.05, 0) is 39.5 Å². The Bertz CT molecular complexity index is 162. The van der Waals surface area contributed by atoms with Gasteiger partial charge in [0.05, 0.1) is 17.8 Å². The lowest BCUT2D eigenvalue weighted by atomic mass is 9.92. The van der Waals surface area contributed by atoms with Crippen LogP contribution in [0.25, 0.3) is 0 Å². The first-order chi connectivity index (χ1) is 6.56. The molecule has 0 bridgehead atoms. The maximum Gasteiger partial charge on any atom is 0.0878 e. The van der Waals surface area contributed by atoms with Gasteiger partial charge in [0.15, 0.2) is 0 Å². The Hall–Kier alpha value is -0.120. The summed E-state index contributed by atoms with van der Waals surface area (Å²) in [6.07, 6.45) is 4.20. The van der Waals surface area contributed by atoms with Crippen molar-refractivity contribution in [2.45, 2.75) is 57.3 Å². The van der Waals surface area contributed by atoms with E-state index in [0.717, 1.165) is 32.3 Å². The molecule has 14 heavy (non-hydrogen) atoms. The third-order valence-electron chi connectivity index (χ3n) is 3.23. The minimum absolute atomic E-state index is 0.121. The van der Waals surface area contributed by atoms with E-state index in [2.05, 4.69) is 0 Å². The van der Waals surface area contributed by atoms with Crippen LogP contribution in [0.2, 0.25) is 0 Å². The highest BCUT2D eigenvalue weighted by Crippen LogP contribution is 2.24. The van der Waals surface area contributed by atoms with E-state index in [1.807, 2.05) is 13.8 Å². The van der Waals surface area contributed by atoms with Crippen LogP contribution in [-0.4, -0.2) is 36.6 Å². The molecule has 0 saturated carbocycles. The number of hydrogen-bond acceptors (Lipinski definition) is 3. The molecule has 1 N–H and O–H groups in total. The van der Waals surface area contributed by atoms with Crippen molar-refractivity contribution in [1.29, 1.82) is 0 Å². The third-order valence-corrected chi connectivity index (χ3v) is 3.23. The second kappa shape index (κ2) is 5.10. The summed E-state index contributed by atoms with van der Waals surface area (Å²) in [5, 5.41) is 10.1. The van der Waals surface area contributed by atoms with Crippen molar-refractivity contribution in [1.82, 2.24) is 0 Å². The van der Waals surface area contributed by atoms with Crippen LogP contribution in [0.4, 0.5) is 0 Å². The van der Waals surface area contributed by atoms with Gasteiger partial charge in [-0.1, -0.05) is 0 Å². The fourth-order valence-corrected chi connectivity index (χ4v) is 1.78. The number of methoxy groups -OCH3 is 1. The van der Waals surface area contributed by atoms with Crippen molar-refractivity contribution in [3.05, 3.63) is 0 Å². The van der Waals surface area contributed by atoms with E-state index in [4.69, 9.17) is 9.47 Å². The summed E-state index contributed by atoms with van der Waals surface area (Å²) in [5.41, 5.74) is -0.735. The zero-order valence-electron chi connectivity index (χ0n) is 9.45. The Morgan fingerprint density at radius 2 is 2.36 bits per heavy atom. The Morgan fingerprint density at radius 3 is 2.86 bits per heavy atom. The Kier molecular flexibility index (Phi) is 4.35. The minimum atomic E-state index is -0.735. The maximum absolute atomic E-state index is 10.1. The lowest BCUT2D eigenvalue weighted by Gasteiger charge is -2.30. The highest BCUT2D eigenvalue weighted by Gasteiger charge is 2.29. The molecule has 0 radical (unpaired) electrons. The van der Waals surface area contributed by atoms with Crippen molar-refractivity contribution in [2.24, 2.45) is 0 Å². The quantitative estimate of drug-likeness (QED) is 0.738. The highest BCUT2D eigenvalue weighted by molar-refractivity contribution is 4.81. The molecular formula is C11H22O3. The second-order valence-electron chi connectivity index (χ2n) is 4.41. The molecule has 3 unspecified atom stereocenters. The van der Waals surface area contributed by atoms with Crippen LogP contribution in [-0.2, 0) is 9.47 Å². The molecule has 1 heterocycles. The fourth-order valence-electron chi connectivity index (χ4n) is 1.78. The van der Waals surface area contributed by atoms with Gasteiger partial charge in [-0.2, -0.15) is 0 Å². The topological polar surface area (TPSA) is 38.7 Å². The number of ether oxygens (including phenoxy) is 2. The van der Waals surface area contributed by atoms with Crippen LogP contribution in [0.1, 0.15) is 39.5 Å². The zero-order valence-corrected chi connectivity index (χ0v) is 9.45. The average Bonchev–Trinajstić information content (AvgIpc) is 2.66. The van der Waals surface area contributed by atoms with Gasteiger partial charge in [0, 0.05) is 13.7 Å². The summed E-state index contributed by atoms with van der Waals surface area (Å²) in [7, 11) is 1.63. The van der Waals surface area contributed by atoms with Crippen molar-refractivity contribution in [3.63, 3.8) is 0 Å². The molecule has 1 fully saturated rings. The van der Waals surface area contributed by atoms with Gasteiger partial charge in [-0.25, -0.2) is 0 Å². The van der Waals surface area contributed by atoms with Crippen LogP contribution in [0.5, 0.6) is 0 Å². The average molecular weight is 202 g/mol. The Labute approximate surface area is 86.4 Å². The van der Waals surface area contributed by atoms with Crippen LogP contribution in [0, 0.1) is 0 Å². The standard InChI is InChI=1S/C11H22O3/c1-9(13-3)11(2,12)7-6-10-5-4-8-14-10/h9-10,12H,4-8H2,1-3H3. The van der Waals surface area contributed by atoms with Crippen molar-refractivity contribution in [2.75, 3.05) is 13.7 Å². The first-order valence-corrected chi connectivity index (χ1v) is 5.43. The van der Waals surface area contributed by atoms with E-state index in [0.29, 0.717) is 6.10 Å². The predicted molar refractivity (Wildman–Crippen MR) is 55.3 cm³/mol. The normalized spacial score (nSPS) is 28.7. The highest BCUT2D eigenvalue weighted by atomic mass is 16.5. The molecule has 84 valence electrons. The smallest absolute Gasteiger partial charge is 0.0878 e. The van der Waals surface area contributed by atoms with E-state index >= 15 is 0 Å². The van der Waals surface area contributed by atoms with Crippen molar-refractivity contribution in [3.8, 4) is 0 Å². The van der Waals surface area contributed by atoms with Gasteiger partial charge < -0.3 is 14.6 Å². The summed E-state index contributed by atoms with van der Waals surface area (Å²) < 4.78 is 10.6. The van der Waals surface area contributed by atoms with Gasteiger partial charge in [0.25, 0.3) is 0 Å². The van der Waals surface area contributed by atoms with Crippen LogP contribution >= 0.6 is 0 Å². The lowest BCUT2D eigenvalue weighted by molar-refractivity contribution is -0.0829. The van der Waals surface area contributed by atoms with E-state index in [-0.39, 0.29) is 6.10 Å². The van der Waals surface area contributed by atoms with E-state index < -0.39 is 5.60 Å². The fraction of sp³-hybridized carbons (Fsp3) is 1.00. The van der Waals surface area contributed by atoms with Gasteiger partial charge in [-0.3, -0.25) is 0 Å². The molecule has 1 aliphatic heterocycles. The number of aliphatic hydroxyl groups is 1. The SMILES string of the molecule is COC(C)C(C)(O)CCC1CCCO1. The number of hydrogen-bond donors (Lipinski definition) is 1. The molecule has 0 spiro atoms. The molecule has 0 aliphatic carbocycles. The summed E-state index contributed by atoms with van der Waals surface area (Å²) in [6, 6.07) is 0. The number of rotatable bonds is 5. The third kappa shape index (κ3) is 3.23. The summed E-state index contributed by atoms with van der Waals surface area (Å²) in [6.45, 7) is 4.61. The van der Waals surface area contributed by atoms with Gasteiger partial charge in [-0.15, -0.1) is 0 Å². The van der Waals surface area contributed by atoms with Crippen molar-refractivity contribution < 1.29 is 14.6 Å². The minimum Gasteiger partial charge on any atom is -0.387 e. The van der Waals surface area contributed by atoms with Crippen LogP contribution in [0.3, 0.4) is 0 Å². The first-order valence-electron chi connectivity index (χ1n) is 5.43. The monoisotopic (exact) mass is 202 g/mol. The lowest BCUT2D eigenvalue weighted by Crippen LogP contribution is -2.39. The summed E-state index contributed by atoms with van der Waals surface area (Å²) in [5.74, 6) is 0. The van der Waals surface area contributed by atoms with Gasteiger partial charge in [0.1, 0.15) is 0 Å². The molecule has 3 nitrogen and oxygen atoms in total. The molecule has 3 atom stereocenters. The molecule has 0 aromatic carbocycles.